The highest BCUT2D eigenvalue weighted by molar-refractivity contribution is 5.47. The van der Waals surface area contributed by atoms with Crippen LogP contribution in [0.2, 0.25) is 0 Å². The molecule has 0 amide bonds. The molecule has 1 fully saturated rings. The largest absolute Gasteiger partial charge is 0.370 e. The Labute approximate surface area is 110 Å². The van der Waals surface area contributed by atoms with Crippen molar-refractivity contribution in [3.05, 3.63) is 11.9 Å². The summed E-state index contributed by atoms with van der Waals surface area (Å²) in [5.74, 6) is 3.39. The van der Waals surface area contributed by atoms with Gasteiger partial charge in [0, 0.05) is 19.2 Å². The van der Waals surface area contributed by atoms with E-state index in [0.29, 0.717) is 5.41 Å². The first-order chi connectivity index (χ1) is 8.55. The van der Waals surface area contributed by atoms with E-state index in [1.54, 1.807) is 0 Å². The van der Waals surface area contributed by atoms with Crippen LogP contribution in [0.5, 0.6) is 0 Å². The normalized spacial score (nSPS) is 16.7. The van der Waals surface area contributed by atoms with Crippen molar-refractivity contribution in [2.45, 2.75) is 40.5 Å². The molecule has 1 aliphatic carbocycles. The van der Waals surface area contributed by atoms with Crippen LogP contribution >= 0.6 is 0 Å². The third kappa shape index (κ3) is 2.92. The summed E-state index contributed by atoms with van der Waals surface area (Å²) in [5, 5.41) is 6.71. The van der Waals surface area contributed by atoms with Crippen molar-refractivity contribution >= 4 is 11.6 Å². The van der Waals surface area contributed by atoms with Crippen molar-refractivity contribution in [2.24, 2.45) is 11.3 Å². The van der Waals surface area contributed by atoms with E-state index in [1.807, 2.05) is 13.0 Å². The van der Waals surface area contributed by atoms with Crippen molar-refractivity contribution in [3.8, 4) is 0 Å². The maximum absolute atomic E-state index is 4.44. The Kier molecular flexibility index (Phi) is 3.73. The molecule has 1 aromatic rings. The van der Waals surface area contributed by atoms with Gasteiger partial charge in [-0.15, -0.1) is 0 Å². The fourth-order valence-corrected chi connectivity index (χ4v) is 2.32. The summed E-state index contributed by atoms with van der Waals surface area (Å²) in [6, 6.07) is 1.99. The van der Waals surface area contributed by atoms with Gasteiger partial charge in [-0.1, -0.05) is 13.8 Å². The van der Waals surface area contributed by atoms with Crippen LogP contribution in [0.4, 0.5) is 11.6 Å². The lowest BCUT2D eigenvalue weighted by atomic mass is 9.92. The van der Waals surface area contributed by atoms with Crippen LogP contribution in [-0.2, 0) is 0 Å². The predicted molar refractivity (Wildman–Crippen MR) is 75.9 cm³/mol. The Morgan fingerprint density at radius 2 is 1.83 bits per heavy atom. The quantitative estimate of drug-likeness (QED) is 0.812. The lowest BCUT2D eigenvalue weighted by molar-refractivity contribution is 0.380. The van der Waals surface area contributed by atoms with Crippen LogP contribution < -0.4 is 10.6 Å². The summed E-state index contributed by atoms with van der Waals surface area (Å²) in [4.78, 5) is 8.80. The van der Waals surface area contributed by atoms with E-state index in [4.69, 9.17) is 0 Å². The molecule has 0 bridgehead atoms. The molecular weight excluding hydrogens is 224 g/mol. The first-order valence-corrected chi connectivity index (χ1v) is 6.89. The van der Waals surface area contributed by atoms with Gasteiger partial charge >= 0.3 is 0 Å². The van der Waals surface area contributed by atoms with E-state index >= 15 is 0 Å². The van der Waals surface area contributed by atoms with E-state index in [2.05, 4.69) is 41.4 Å². The molecule has 18 heavy (non-hydrogen) atoms. The molecule has 0 radical (unpaired) electrons. The summed E-state index contributed by atoms with van der Waals surface area (Å²) >= 11 is 0. The van der Waals surface area contributed by atoms with Crippen LogP contribution in [0.3, 0.4) is 0 Å². The SMILES string of the molecule is CCNc1cc(NCC2(C(C)C)CC2)nc(C)n1. The molecule has 4 nitrogen and oxygen atoms in total. The Morgan fingerprint density at radius 1 is 1.22 bits per heavy atom. The zero-order valence-corrected chi connectivity index (χ0v) is 11.9. The third-order valence-corrected chi connectivity index (χ3v) is 3.93. The van der Waals surface area contributed by atoms with E-state index in [-0.39, 0.29) is 0 Å². The van der Waals surface area contributed by atoms with Crippen LogP contribution in [0, 0.1) is 18.3 Å². The maximum Gasteiger partial charge on any atom is 0.131 e. The van der Waals surface area contributed by atoms with E-state index in [9.17, 15) is 0 Å². The summed E-state index contributed by atoms with van der Waals surface area (Å²) in [5.41, 5.74) is 0.497. The second-order valence-electron chi connectivity index (χ2n) is 5.59. The van der Waals surface area contributed by atoms with Gasteiger partial charge in [-0.25, -0.2) is 9.97 Å². The third-order valence-electron chi connectivity index (χ3n) is 3.93. The fraction of sp³-hybridized carbons (Fsp3) is 0.714. The Bertz CT molecular complexity index is 410. The molecule has 2 rings (SSSR count). The Balaban J connectivity index is 2.01. The molecule has 0 aliphatic heterocycles. The van der Waals surface area contributed by atoms with Crippen molar-refractivity contribution in [2.75, 3.05) is 23.7 Å². The predicted octanol–water partition coefficient (Wildman–Crippen LogP) is 3.06. The molecule has 100 valence electrons. The monoisotopic (exact) mass is 248 g/mol. The molecule has 0 unspecified atom stereocenters. The average Bonchev–Trinajstić information content (AvgIpc) is 3.07. The zero-order chi connectivity index (χ0) is 13.2. The number of hydrogen-bond acceptors (Lipinski definition) is 4. The van der Waals surface area contributed by atoms with Gasteiger partial charge in [0.05, 0.1) is 0 Å². The van der Waals surface area contributed by atoms with Crippen molar-refractivity contribution in [1.29, 1.82) is 0 Å². The molecule has 4 heteroatoms. The molecule has 0 saturated heterocycles. The lowest BCUT2D eigenvalue weighted by Crippen LogP contribution is -2.21. The highest BCUT2D eigenvalue weighted by Crippen LogP contribution is 2.51. The fourth-order valence-electron chi connectivity index (χ4n) is 2.32. The van der Waals surface area contributed by atoms with Crippen molar-refractivity contribution < 1.29 is 0 Å². The number of aromatic nitrogens is 2. The molecule has 1 saturated carbocycles. The first kappa shape index (κ1) is 13.1. The number of hydrogen-bond donors (Lipinski definition) is 2. The maximum atomic E-state index is 4.44. The summed E-state index contributed by atoms with van der Waals surface area (Å²) in [6.45, 7) is 10.5. The molecule has 1 heterocycles. The van der Waals surface area contributed by atoms with E-state index in [1.165, 1.54) is 12.8 Å². The highest BCUT2D eigenvalue weighted by atomic mass is 15.1. The molecule has 2 N–H and O–H groups in total. The average molecular weight is 248 g/mol. The topological polar surface area (TPSA) is 49.8 Å². The standard InChI is InChI=1S/C14H24N4/c1-5-15-12-8-13(18-11(4)17-12)16-9-14(6-7-14)10(2)3/h8,10H,5-7,9H2,1-4H3,(H2,15,16,17,18). The second kappa shape index (κ2) is 5.12. The van der Waals surface area contributed by atoms with Crippen molar-refractivity contribution in [3.63, 3.8) is 0 Å². The number of nitrogens with zero attached hydrogens (tertiary/aromatic N) is 2. The number of rotatable bonds is 6. The molecule has 0 spiro atoms. The minimum Gasteiger partial charge on any atom is -0.370 e. The molecule has 0 atom stereocenters. The van der Waals surface area contributed by atoms with Crippen LogP contribution in [0.15, 0.2) is 6.07 Å². The van der Waals surface area contributed by atoms with Crippen LogP contribution in [0.25, 0.3) is 0 Å². The Hall–Kier alpha value is -1.32. The van der Waals surface area contributed by atoms with Gasteiger partial charge in [0.1, 0.15) is 17.5 Å². The zero-order valence-electron chi connectivity index (χ0n) is 11.9. The summed E-state index contributed by atoms with van der Waals surface area (Å²) in [6.07, 6.45) is 2.67. The smallest absolute Gasteiger partial charge is 0.131 e. The van der Waals surface area contributed by atoms with E-state index < -0.39 is 0 Å². The summed E-state index contributed by atoms with van der Waals surface area (Å²) < 4.78 is 0. The first-order valence-electron chi connectivity index (χ1n) is 6.89. The van der Waals surface area contributed by atoms with Gasteiger partial charge in [0.2, 0.25) is 0 Å². The number of aryl methyl sites for hydroxylation is 1. The van der Waals surface area contributed by atoms with Gasteiger partial charge in [-0.05, 0) is 38.0 Å². The summed E-state index contributed by atoms with van der Waals surface area (Å²) in [7, 11) is 0. The second-order valence-corrected chi connectivity index (χ2v) is 5.59. The minimum absolute atomic E-state index is 0.497. The molecular formula is C14H24N4. The number of anilines is 2. The molecule has 1 aromatic heterocycles. The Morgan fingerprint density at radius 3 is 2.33 bits per heavy atom. The van der Waals surface area contributed by atoms with Gasteiger partial charge in [0.25, 0.3) is 0 Å². The van der Waals surface area contributed by atoms with Crippen molar-refractivity contribution in [1.82, 2.24) is 9.97 Å². The lowest BCUT2D eigenvalue weighted by Gasteiger charge is -2.20. The van der Waals surface area contributed by atoms with Gasteiger partial charge in [-0.3, -0.25) is 0 Å². The minimum atomic E-state index is 0.497. The van der Waals surface area contributed by atoms with Gasteiger partial charge in [-0.2, -0.15) is 0 Å². The molecule has 0 aromatic carbocycles. The number of nitrogens with one attached hydrogen (secondary N) is 2. The van der Waals surface area contributed by atoms with Crippen LogP contribution in [-0.4, -0.2) is 23.1 Å². The molecule has 1 aliphatic rings. The van der Waals surface area contributed by atoms with Crippen LogP contribution in [0.1, 0.15) is 39.4 Å². The highest BCUT2D eigenvalue weighted by Gasteiger charge is 2.44. The van der Waals surface area contributed by atoms with E-state index in [0.717, 1.165) is 36.5 Å². The van der Waals surface area contributed by atoms with Gasteiger partial charge in [0.15, 0.2) is 0 Å². The van der Waals surface area contributed by atoms with Gasteiger partial charge < -0.3 is 10.6 Å².